The van der Waals surface area contributed by atoms with Gasteiger partial charge in [0.1, 0.15) is 11.6 Å². The van der Waals surface area contributed by atoms with E-state index in [2.05, 4.69) is 41.9 Å². The van der Waals surface area contributed by atoms with Crippen LogP contribution in [0.1, 0.15) is 11.4 Å². The van der Waals surface area contributed by atoms with Crippen molar-refractivity contribution in [2.75, 3.05) is 5.32 Å². The smallest absolute Gasteiger partial charge is 0.216 e. The summed E-state index contributed by atoms with van der Waals surface area (Å²) in [4.78, 5) is 0. The monoisotopic (exact) mass is 349 g/mol. The number of halogens is 2. The highest BCUT2D eigenvalue weighted by molar-refractivity contribution is 9.10. The molecule has 0 atom stereocenters. The molecule has 0 aliphatic heterocycles. The molecule has 98 valence electrons. The zero-order valence-electron chi connectivity index (χ0n) is 9.72. The molecule has 2 aromatic rings. The average molecular weight is 351 g/mol. The van der Waals surface area contributed by atoms with E-state index < -0.39 is 0 Å². The van der Waals surface area contributed by atoms with E-state index in [1.165, 1.54) is 12.3 Å². The summed E-state index contributed by atoms with van der Waals surface area (Å²) in [5.41, 5.74) is 1.14. The molecule has 0 saturated heterocycles. The van der Waals surface area contributed by atoms with Crippen LogP contribution in [0.25, 0.3) is 5.57 Å². The molecule has 7 nitrogen and oxygen atoms in total. The summed E-state index contributed by atoms with van der Waals surface area (Å²) in [6.45, 7) is 0. The zero-order valence-corrected chi connectivity index (χ0v) is 12.1. The van der Waals surface area contributed by atoms with Crippen molar-refractivity contribution in [1.29, 1.82) is 10.5 Å². The predicted octanol–water partition coefficient (Wildman–Crippen LogP) is 2.46. The SMILES string of the molecule is N#CC(=CNc1c(Cl)cc(C#N)cc1Br)c1nn[nH]n1. The van der Waals surface area contributed by atoms with Crippen molar-refractivity contribution in [2.24, 2.45) is 0 Å². The minimum absolute atomic E-state index is 0.167. The van der Waals surface area contributed by atoms with Crippen LogP contribution in [0.4, 0.5) is 5.69 Å². The largest absolute Gasteiger partial charge is 0.358 e. The molecule has 0 amide bonds. The summed E-state index contributed by atoms with van der Waals surface area (Å²) in [6, 6.07) is 7.06. The number of nitriles is 2. The summed E-state index contributed by atoms with van der Waals surface area (Å²) in [7, 11) is 0. The normalized spacial score (nSPS) is 10.7. The van der Waals surface area contributed by atoms with Gasteiger partial charge in [-0.25, -0.2) is 0 Å². The number of hydrogen-bond acceptors (Lipinski definition) is 6. The summed E-state index contributed by atoms with van der Waals surface area (Å²) in [5, 5.41) is 34.1. The van der Waals surface area contributed by atoms with Gasteiger partial charge in [0.15, 0.2) is 0 Å². The number of aromatic amines is 1. The van der Waals surface area contributed by atoms with E-state index in [0.29, 0.717) is 20.7 Å². The summed E-state index contributed by atoms with van der Waals surface area (Å²) in [5.74, 6) is 0.167. The second kappa shape index (κ2) is 6.15. The Labute approximate surface area is 127 Å². The van der Waals surface area contributed by atoms with E-state index in [9.17, 15) is 0 Å². The first-order chi connectivity index (χ1) is 9.65. The molecule has 0 spiro atoms. The number of tetrazole rings is 1. The van der Waals surface area contributed by atoms with Crippen LogP contribution in [0.15, 0.2) is 22.8 Å². The van der Waals surface area contributed by atoms with Gasteiger partial charge in [-0.3, -0.25) is 0 Å². The number of benzene rings is 1. The average Bonchev–Trinajstić information content (AvgIpc) is 2.95. The fraction of sp³-hybridized carbons (Fsp3) is 0. The molecule has 2 rings (SSSR count). The summed E-state index contributed by atoms with van der Waals surface area (Å²) < 4.78 is 0.600. The standard InChI is InChI=1S/C11H5BrClN7/c12-8-1-6(3-14)2-9(13)10(8)16-5-7(4-15)11-17-19-20-18-11/h1-2,5,16H,(H,17,18,19,20). The number of H-pyrrole nitrogens is 1. The van der Waals surface area contributed by atoms with Crippen LogP contribution in [-0.2, 0) is 0 Å². The van der Waals surface area contributed by atoms with E-state index in [0.717, 1.165) is 0 Å². The number of allylic oxidation sites excluding steroid dienone is 1. The van der Waals surface area contributed by atoms with Crippen LogP contribution in [0, 0.1) is 22.7 Å². The minimum atomic E-state index is 0.167. The van der Waals surface area contributed by atoms with E-state index >= 15 is 0 Å². The van der Waals surface area contributed by atoms with Gasteiger partial charge < -0.3 is 5.32 Å². The first-order valence-electron chi connectivity index (χ1n) is 5.15. The third kappa shape index (κ3) is 2.94. The highest BCUT2D eigenvalue weighted by atomic mass is 79.9. The quantitative estimate of drug-likeness (QED) is 0.822. The molecule has 0 saturated carbocycles. The number of hydrogen-bond donors (Lipinski definition) is 2. The second-order valence-corrected chi connectivity index (χ2v) is 4.74. The number of nitrogens with one attached hydrogen (secondary N) is 2. The lowest BCUT2D eigenvalue weighted by Crippen LogP contribution is -1.95. The Kier molecular flexibility index (Phi) is 4.31. The van der Waals surface area contributed by atoms with Gasteiger partial charge in [-0.1, -0.05) is 11.6 Å². The van der Waals surface area contributed by atoms with Crippen molar-refractivity contribution in [3.8, 4) is 12.1 Å². The fourth-order valence-electron chi connectivity index (χ4n) is 1.34. The van der Waals surface area contributed by atoms with E-state index in [-0.39, 0.29) is 11.4 Å². The summed E-state index contributed by atoms with van der Waals surface area (Å²) in [6.07, 6.45) is 1.41. The number of rotatable bonds is 3. The molecule has 0 unspecified atom stereocenters. The molecule has 0 aliphatic rings. The molecular formula is C11H5BrClN7. The Morgan fingerprint density at radius 3 is 2.80 bits per heavy atom. The van der Waals surface area contributed by atoms with Crippen molar-refractivity contribution in [1.82, 2.24) is 20.6 Å². The maximum Gasteiger partial charge on any atom is 0.216 e. The van der Waals surface area contributed by atoms with Gasteiger partial charge in [0.2, 0.25) is 5.82 Å². The molecule has 9 heteroatoms. The lowest BCUT2D eigenvalue weighted by atomic mass is 10.2. The molecular weight excluding hydrogens is 346 g/mol. The predicted molar refractivity (Wildman–Crippen MR) is 75.3 cm³/mol. The lowest BCUT2D eigenvalue weighted by Gasteiger charge is -2.07. The Balaban J connectivity index is 2.32. The Morgan fingerprint density at radius 1 is 1.45 bits per heavy atom. The van der Waals surface area contributed by atoms with Crippen molar-refractivity contribution in [2.45, 2.75) is 0 Å². The summed E-state index contributed by atoms with van der Waals surface area (Å²) >= 11 is 9.36. The third-order valence-electron chi connectivity index (χ3n) is 2.24. The zero-order chi connectivity index (χ0) is 14.5. The number of anilines is 1. The van der Waals surface area contributed by atoms with Crippen molar-refractivity contribution < 1.29 is 0 Å². The Bertz CT molecular complexity index is 716. The molecule has 0 bridgehead atoms. The minimum Gasteiger partial charge on any atom is -0.358 e. The number of aromatic nitrogens is 4. The van der Waals surface area contributed by atoms with Crippen LogP contribution >= 0.6 is 27.5 Å². The molecule has 0 radical (unpaired) electrons. The van der Waals surface area contributed by atoms with Gasteiger partial charge in [-0.2, -0.15) is 15.7 Å². The highest BCUT2D eigenvalue weighted by Crippen LogP contribution is 2.32. The van der Waals surface area contributed by atoms with Gasteiger partial charge in [0, 0.05) is 10.7 Å². The Hall–Kier alpha value is -2.42. The van der Waals surface area contributed by atoms with Crippen LogP contribution < -0.4 is 5.32 Å². The maximum atomic E-state index is 9.03. The number of nitrogens with zero attached hydrogens (tertiary/aromatic N) is 5. The van der Waals surface area contributed by atoms with Crippen LogP contribution in [0.3, 0.4) is 0 Å². The van der Waals surface area contributed by atoms with E-state index in [4.69, 9.17) is 22.1 Å². The van der Waals surface area contributed by atoms with Gasteiger partial charge in [0.05, 0.1) is 22.3 Å². The molecule has 1 heterocycles. The van der Waals surface area contributed by atoms with Gasteiger partial charge in [0.25, 0.3) is 0 Å². The topological polar surface area (TPSA) is 114 Å². The lowest BCUT2D eigenvalue weighted by molar-refractivity contribution is 0.881. The van der Waals surface area contributed by atoms with E-state index in [1.54, 1.807) is 6.07 Å². The first-order valence-corrected chi connectivity index (χ1v) is 6.32. The molecule has 0 fully saturated rings. The van der Waals surface area contributed by atoms with Crippen molar-refractivity contribution in [3.05, 3.63) is 39.2 Å². The Morgan fingerprint density at radius 2 is 2.25 bits per heavy atom. The second-order valence-electron chi connectivity index (χ2n) is 3.48. The van der Waals surface area contributed by atoms with Gasteiger partial charge in [-0.15, -0.1) is 10.2 Å². The first kappa shape index (κ1) is 14.0. The molecule has 0 aliphatic carbocycles. The van der Waals surface area contributed by atoms with E-state index in [1.807, 2.05) is 12.1 Å². The molecule has 1 aromatic carbocycles. The molecule has 1 aromatic heterocycles. The van der Waals surface area contributed by atoms with Gasteiger partial charge in [-0.05, 0) is 33.3 Å². The fourth-order valence-corrected chi connectivity index (χ4v) is 2.31. The maximum absolute atomic E-state index is 9.03. The highest BCUT2D eigenvalue weighted by Gasteiger charge is 2.09. The van der Waals surface area contributed by atoms with Crippen molar-refractivity contribution in [3.63, 3.8) is 0 Å². The third-order valence-corrected chi connectivity index (χ3v) is 3.16. The van der Waals surface area contributed by atoms with Crippen LogP contribution in [0.5, 0.6) is 0 Å². The molecule has 20 heavy (non-hydrogen) atoms. The van der Waals surface area contributed by atoms with Crippen LogP contribution in [-0.4, -0.2) is 20.6 Å². The van der Waals surface area contributed by atoms with Crippen LogP contribution in [0.2, 0.25) is 5.02 Å². The molecule has 2 N–H and O–H groups in total. The van der Waals surface area contributed by atoms with Crippen molar-refractivity contribution >= 4 is 38.8 Å². The van der Waals surface area contributed by atoms with Gasteiger partial charge >= 0.3 is 0 Å².